The van der Waals surface area contributed by atoms with E-state index in [1.807, 2.05) is 25.1 Å². The molecule has 2 aliphatic rings. The van der Waals surface area contributed by atoms with E-state index in [0.29, 0.717) is 5.56 Å². The highest BCUT2D eigenvalue weighted by Gasteiger charge is 2.46. The zero-order valence-corrected chi connectivity index (χ0v) is 13.7. The van der Waals surface area contributed by atoms with Crippen LogP contribution >= 0.6 is 0 Å². The summed E-state index contributed by atoms with van der Waals surface area (Å²) in [6.45, 7) is 1.95. The minimum absolute atomic E-state index is 0.00558. The third-order valence-electron chi connectivity index (χ3n) is 5.19. The van der Waals surface area contributed by atoms with Crippen molar-refractivity contribution < 1.29 is 4.79 Å². The van der Waals surface area contributed by atoms with E-state index in [9.17, 15) is 4.79 Å². The van der Waals surface area contributed by atoms with Gasteiger partial charge in [-0.05, 0) is 50.3 Å². The number of imidazole rings is 1. The molecule has 5 nitrogen and oxygen atoms in total. The van der Waals surface area contributed by atoms with Crippen molar-refractivity contribution in [3.05, 3.63) is 52.6 Å². The zero-order valence-electron chi connectivity index (χ0n) is 13.7. The maximum Gasteiger partial charge on any atom is 0.224 e. The predicted molar refractivity (Wildman–Crippen MR) is 89.1 cm³/mol. The Balaban J connectivity index is 1.49. The molecular formula is C19H20N4O. The van der Waals surface area contributed by atoms with Crippen LogP contribution in [0.1, 0.15) is 47.6 Å². The van der Waals surface area contributed by atoms with Crippen LogP contribution in [-0.2, 0) is 23.2 Å². The SMILES string of the molecule is Cc1nc2c([nH]1)CC(C(=O)NC1(c3cccc(C#N)c3)CC1)CC2. The number of aromatic amines is 1. The first-order valence-corrected chi connectivity index (χ1v) is 8.47. The summed E-state index contributed by atoms with van der Waals surface area (Å²) in [5.41, 5.74) is 3.63. The molecule has 2 N–H and O–H groups in total. The van der Waals surface area contributed by atoms with Crippen molar-refractivity contribution in [1.29, 1.82) is 5.26 Å². The minimum atomic E-state index is -0.270. The number of nitrogens with one attached hydrogen (secondary N) is 2. The predicted octanol–water partition coefficient (Wildman–Crippen LogP) is 2.50. The molecule has 1 fully saturated rings. The lowest BCUT2D eigenvalue weighted by Gasteiger charge is -2.25. The highest BCUT2D eigenvalue weighted by Crippen LogP contribution is 2.46. The molecule has 0 radical (unpaired) electrons. The largest absolute Gasteiger partial charge is 0.346 e. The van der Waals surface area contributed by atoms with Crippen molar-refractivity contribution in [2.24, 2.45) is 5.92 Å². The summed E-state index contributed by atoms with van der Waals surface area (Å²) in [6, 6.07) is 9.76. The number of nitrogens with zero attached hydrogens (tertiary/aromatic N) is 2. The van der Waals surface area contributed by atoms with E-state index in [1.54, 1.807) is 6.07 Å². The summed E-state index contributed by atoms with van der Waals surface area (Å²) >= 11 is 0. The van der Waals surface area contributed by atoms with E-state index in [1.165, 1.54) is 0 Å². The number of hydrogen-bond acceptors (Lipinski definition) is 3. The fraction of sp³-hybridized carbons (Fsp3) is 0.421. The Kier molecular flexibility index (Phi) is 3.42. The zero-order chi connectivity index (χ0) is 16.7. The topological polar surface area (TPSA) is 81.6 Å². The van der Waals surface area contributed by atoms with Crippen LogP contribution in [0, 0.1) is 24.2 Å². The Morgan fingerprint density at radius 2 is 2.29 bits per heavy atom. The molecule has 0 spiro atoms. The van der Waals surface area contributed by atoms with Gasteiger partial charge >= 0.3 is 0 Å². The molecule has 1 aromatic heterocycles. The highest BCUT2D eigenvalue weighted by atomic mass is 16.2. The van der Waals surface area contributed by atoms with E-state index in [4.69, 9.17) is 5.26 Å². The number of nitriles is 1. The summed E-state index contributed by atoms with van der Waals surface area (Å²) < 4.78 is 0. The van der Waals surface area contributed by atoms with E-state index in [0.717, 1.165) is 54.9 Å². The molecule has 122 valence electrons. The molecule has 4 rings (SSSR count). The summed E-state index contributed by atoms with van der Waals surface area (Å²) in [4.78, 5) is 20.5. The summed E-state index contributed by atoms with van der Waals surface area (Å²) in [7, 11) is 0. The fourth-order valence-corrected chi connectivity index (χ4v) is 3.68. The van der Waals surface area contributed by atoms with E-state index in [2.05, 4.69) is 21.4 Å². The van der Waals surface area contributed by atoms with Gasteiger partial charge in [0.2, 0.25) is 5.91 Å². The molecule has 2 aromatic rings. The Bertz CT molecular complexity index is 841. The lowest BCUT2D eigenvalue weighted by molar-refractivity contribution is -0.126. The van der Waals surface area contributed by atoms with Crippen LogP contribution in [0.25, 0.3) is 0 Å². The molecular weight excluding hydrogens is 300 g/mol. The average molecular weight is 320 g/mol. The fourth-order valence-electron chi connectivity index (χ4n) is 3.68. The molecule has 1 amide bonds. The first-order chi connectivity index (χ1) is 11.6. The molecule has 1 aromatic carbocycles. The molecule has 24 heavy (non-hydrogen) atoms. The van der Waals surface area contributed by atoms with Crippen LogP contribution in [-0.4, -0.2) is 15.9 Å². The number of hydrogen-bond donors (Lipinski definition) is 2. The number of aromatic nitrogens is 2. The molecule has 0 saturated heterocycles. The van der Waals surface area contributed by atoms with Gasteiger partial charge in [0.1, 0.15) is 5.82 Å². The average Bonchev–Trinajstić information content (AvgIpc) is 3.27. The maximum atomic E-state index is 12.8. The number of aryl methyl sites for hydroxylation is 2. The van der Waals surface area contributed by atoms with Crippen molar-refractivity contribution in [2.75, 3.05) is 0 Å². The summed E-state index contributed by atoms with van der Waals surface area (Å²) in [5.74, 6) is 1.04. The lowest BCUT2D eigenvalue weighted by atomic mass is 9.88. The van der Waals surface area contributed by atoms with Gasteiger partial charge in [-0.25, -0.2) is 4.98 Å². The van der Waals surface area contributed by atoms with Crippen LogP contribution in [0.5, 0.6) is 0 Å². The van der Waals surface area contributed by atoms with Crippen molar-refractivity contribution in [2.45, 2.75) is 44.6 Å². The van der Waals surface area contributed by atoms with Gasteiger partial charge in [-0.2, -0.15) is 5.26 Å². The molecule has 1 saturated carbocycles. The number of rotatable bonds is 3. The molecule has 2 aliphatic carbocycles. The van der Waals surface area contributed by atoms with Crippen molar-refractivity contribution in [3.8, 4) is 6.07 Å². The monoisotopic (exact) mass is 320 g/mol. The lowest BCUT2D eigenvalue weighted by Crippen LogP contribution is -2.40. The Morgan fingerprint density at radius 1 is 1.46 bits per heavy atom. The smallest absolute Gasteiger partial charge is 0.224 e. The van der Waals surface area contributed by atoms with E-state index < -0.39 is 0 Å². The number of H-pyrrole nitrogens is 1. The number of carbonyl (C=O) groups is 1. The highest BCUT2D eigenvalue weighted by molar-refractivity contribution is 5.80. The number of carbonyl (C=O) groups excluding carboxylic acids is 1. The normalized spacial score (nSPS) is 20.8. The quantitative estimate of drug-likeness (QED) is 0.911. The van der Waals surface area contributed by atoms with Gasteiger partial charge in [0.05, 0.1) is 22.9 Å². The molecule has 0 bridgehead atoms. The third-order valence-corrected chi connectivity index (χ3v) is 5.19. The summed E-state index contributed by atoms with van der Waals surface area (Å²) in [6.07, 6.45) is 4.31. The van der Waals surface area contributed by atoms with Crippen molar-refractivity contribution >= 4 is 5.91 Å². The molecule has 0 aliphatic heterocycles. The van der Waals surface area contributed by atoms with Crippen LogP contribution in [0.15, 0.2) is 24.3 Å². The minimum Gasteiger partial charge on any atom is -0.346 e. The third kappa shape index (κ3) is 2.58. The Labute approximate surface area is 141 Å². The maximum absolute atomic E-state index is 12.8. The second-order valence-electron chi connectivity index (χ2n) is 6.95. The van der Waals surface area contributed by atoms with Crippen molar-refractivity contribution in [1.82, 2.24) is 15.3 Å². The van der Waals surface area contributed by atoms with Gasteiger partial charge in [0.25, 0.3) is 0 Å². The molecule has 1 heterocycles. The first-order valence-electron chi connectivity index (χ1n) is 8.47. The van der Waals surface area contributed by atoms with Crippen LogP contribution in [0.2, 0.25) is 0 Å². The number of amides is 1. The van der Waals surface area contributed by atoms with Gasteiger partial charge in [0.15, 0.2) is 0 Å². The van der Waals surface area contributed by atoms with Crippen LogP contribution in [0.3, 0.4) is 0 Å². The van der Waals surface area contributed by atoms with E-state index >= 15 is 0 Å². The van der Waals surface area contributed by atoms with E-state index in [-0.39, 0.29) is 17.4 Å². The van der Waals surface area contributed by atoms with Crippen LogP contribution in [0.4, 0.5) is 0 Å². The molecule has 5 heteroatoms. The first kappa shape index (κ1) is 14.9. The van der Waals surface area contributed by atoms with Crippen LogP contribution < -0.4 is 5.32 Å². The Hall–Kier alpha value is -2.61. The van der Waals surface area contributed by atoms with Gasteiger partial charge < -0.3 is 10.3 Å². The number of benzene rings is 1. The second-order valence-corrected chi connectivity index (χ2v) is 6.95. The Morgan fingerprint density at radius 3 is 3.04 bits per heavy atom. The molecule has 1 unspecified atom stereocenters. The standard InChI is InChI=1S/C19H20N4O/c1-12-21-16-6-5-14(10-17(16)22-12)18(24)23-19(7-8-19)15-4-2-3-13(9-15)11-20/h2-4,9,14H,5-8,10H2,1H3,(H,21,22)(H,23,24). The number of fused-ring (bicyclic) bond motifs is 1. The van der Waals surface area contributed by atoms with Gasteiger partial charge in [-0.1, -0.05) is 12.1 Å². The summed E-state index contributed by atoms with van der Waals surface area (Å²) in [5, 5.41) is 12.3. The van der Waals surface area contributed by atoms with Crippen molar-refractivity contribution in [3.63, 3.8) is 0 Å². The molecule has 1 atom stereocenters. The van der Waals surface area contributed by atoms with Gasteiger partial charge in [0, 0.05) is 18.0 Å². The van der Waals surface area contributed by atoms with Gasteiger partial charge in [-0.15, -0.1) is 0 Å². The van der Waals surface area contributed by atoms with Gasteiger partial charge in [-0.3, -0.25) is 4.79 Å². The second kappa shape index (κ2) is 5.48.